The first-order valence-corrected chi connectivity index (χ1v) is 6.93. The average molecular weight is 375 g/mol. The summed E-state index contributed by atoms with van der Waals surface area (Å²) in [5.74, 6) is -0.125. The van der Waals surface area contributed by atoms with E-state index in [0.29, 0.717) is 0 Å². The summed E-state index contributed by atoms with van der Waals surface area (Å²) in [5.41, 5.74) is 0. The van der Waals surface area contributed by atoms with E-state index >= 15 is 0 Å². The van der Waals surface area contributed by atoms with E-state index in [9.17, 15) is 9.59 Å². The second-order valence-electron chi connectivity index (χ2n) is 5.40. The Morgan fingerprint density at radius 1 is 0.739 bits per heavy atom. The molecule has 0 unspecified atom stereocenters. The Morgan fingerprint density at radius 2 is 0.957 bits per heavy atom. The van der Waals surface area contributed by atoms with Crippen LogP contribution >= 0.6 is 0 Å². The fourth-order valence-electron chi connectivity index (χ4n) is 0.988. The standard InChI is InChI=1S/C6H16N2.2C5H8O2.Ni/c1-7(2)5-6-8(3)4;2*1-4(6)3-5(2)7;/h5-6H2,1-4H3;2*3,6H,1-2H3;/q;;;+2/b;2*4-3-;. The van der Waals surface area contributed by atoms with Gasteiger partial charge in [-0.25, -0.2) is 0 Å². The zero-order valence-electron chi connectivity index (χ0n) is 15.5. The van der Waals surface area contributed by atoms with E-state index in [1.165, 1.54) is 39.8 Å². The molecule has 0 atom stereocenters. The number of hydrogen-bond donors (Lipinski definition) is 2. The number of carbonyl (C=O) groups is 2. The van der Waals surface area contributed by atoms with Gasteiger partial charge in [0.15, 0.2) is 11.6 Å². The average Bonchev–Trinajstić information content (AvgIpc) is 2.23. The van der Waals surface area contributed by atoms with Crippen LogP contribution in [0.4, 0.5) is 0 Å². The number of aliphatic hydroxyl groups is 2. The number of likely N-dealkylation sites (N-methyl/N-ethyl adjacent to an activating group) is 2. The van der Waals surface area contributed by atoms with E-state index in [2.05, 4.69) is 38.0 Å². The van der Waals surface area contributed by atoms with E-state index in [1.807, 2.05) is 0 Å². The Labute approximate surface area is 150 Å². The van der Waals surface area contributed by atoms with Gasteiger partial charge in [-0.05, 0) is 55.9 Å². The van der Waals surface area contributed by atoms with E-state index in [1.54, 1.807) is 0 Å². The Balaban J connectivity index is -0.000000116. The van der Waals surface area contributed by atoms with Crippen molar-refractivity contribution in [1.29, 1.82) is 0 Å². The van der Waals surface area contributed by atoms with E-state index < -0.39 is 0 Å². The largest absolute Gasteiger partial charge is 2.00 e. The first-order valence-electron chi connectivity index (χ1n) is 6.93. The van der Waals surface area contributed by atoms with Gasteiger partial charge in [0.2, 0.25) is 0 Å². The molecule has 0 radical (unpaired) electrons. The number of allylic oxidation sites excluding steroid dienone is 4. The fourth-order valence-corrected chi connectivity index (χ4v) is 0.988. The van der Waals surface area contributed by atoms with Gasteiger partial charge in [-0.1, -0.05) is 0 Å². The van der Waals surface area contributed by atoms with Crippen LogP contribution in [0.5, 0.6) is 0 Å². The van der Waals surface area contributed by atoms with Crippen LogP contribution in [-0.2, 0) is 26.1 Å². The van der Waals surface area contributed by atoms with Gasteiger partial charge in [-0.15, -0.1) is 0 Å². The first-order chi connectivity index (χ1) is 9.88. The summed E-state index contributed by atoms with van der Waals surface area (Å²) in [5, 5.41) is 16.7. The van der Waals surface area contributed by atoms with Crippen LogP contribution in [0.15, 0.2) is 23.7 Å². The van der Waals surface area contributed by atoms with Crippen LogP contribution in [0, 0.1) is 0 Å². The monoisotopic (exact) mass is 374 g/mol. The molecule has 7 heteroatoms. The number of rotatable bonds is 5. The molecule has 0 aliphatic heterocycles. The molecule has 0 aromatic carbocycles. The number of hydrogen-bond acceptors (Lipinski definition) is 6. The minimum absolute atomic E-state index is 0. The summed E-state index contributed by atoms with van der Waals surface area (Å²) >= 11 is 0. The van der Waals surface area contributed by atoms with Crippen molar-refractivity contribution in [3.8, 4) is 0 Å². The molecule has 0 spiro atoms. The third kappa shape index (κ3) is 52.8. The van der Waals surface area contributed by atoms with Crippen LogP contribution in [0.2, 0.25) is 0 Å². The SMILES string of the molecule is CC(=O)/C=C(/C)O.CC(=O)/C=C(/C)O.CN(C)CCN(C)C.[Ni+2]. The molecule has 2 N–H and O–H groups in total. The number of nitrogens with zero attached hydrogens (tertiary/aromatic N) is 2. The first kappa shape index (κ1) is 29.8. The molecular formula is C16H32N2NiO4+2. The Kier molecular flexibility index (Phi) is 24.5. The fraction of sp³-hybridized carbons (Fsp3) is 0.625. The molecule has 0 saturated heterocycles. The normalized spacial score (nSPS) is 10.9. The maximum absolute atomic E-state index is 10.0. The van der Waals surface area contributed by atoms with Gasteiger partial charge >= 0.3 is 16.5 Å². The third-order valence-electron chi connectivity index (χ3n) is 1.82. The zero-order valence-corrected chi connectivity index (χ0v) is 16.5. The molecule has 0 fully saturated rings. The van der Waals surface area contributed by atoms with Crippen LogP contribution in [0.1, 0.15) is 27.7 Å². The van der Waals surface area contributed by atoms with E-state index in [-0.39, 0.29) is 39.6 Å². The molecule has 0 rings (SSSR count). The van der Waals surface area contributed by atoms with Crippen LogP contribution in [0.3, 0.4) is 0 Å². The predicted molar refractivity (Wildman–Crippen MR) is 91.2 cm³/mol. The van der Waals surface area contributed by atoms with Crippen molar-refractivity contribution in [3.05, 3.63) is 23.7 Å². The summed E-state index contributed by atoms with van der Waals surface area (Å²) in [6, 6.07) is 0. The summed E-state index contributed by atoms with van der Waals surface area (Å²) in [6.45, 7) is 7.99. The minimum Gasteiger partial charge on any atom is -0.512 e. The van der Waals surface area contributed by atoms with Crippen LogP contribution in [0.25, 0.3) is 0 Å². The quantitative estimate of drug-likeness (QED) is 0.436. The van der Waals surface area contributed by atoms with Gasteiger partial charge in [0.1, 0.15) is 0 Å². The molecule has 0 amide bonds. The van der Waals surface area contributed by atoms with Crippen molar-refractivity contribution in [2.24, 2.45) is 0 Å². The van der Waals surface area contributed by atoms with Crippen LogP contribution in [-0.4, -0.2) is 72.9 Å². The van der Waals surface area contributed by atoms with Gasteiger partial charge in [0, 0.05) is 25.2 Å². The van der Waals surface area contributed by atoms with Gasteiger partial charge in [-0.3, -0.25) is 9.59 Å². The minimum atomic E-state index is -0.125. The Morgan fingerprint density at radius 3 is 1.00 bits per heavy atom. The third-order valence-corrected chi connectivity index (χ3v) is 1.82. The molecular weight excluding hydrogens is 343 g/mol. The van der Waals surface area contributed by atoms with Gasteiger partial charge < -0.3 is 20.0 Å². The van der Waals surface area contributed by atoms with Gasteiger partial charge in [0.05, 0.1) is 11.5 Å². The summed E-state index contributed by atoms with van der Waals surface area (Å²) in [7, 11) is 8.35. The molecule has 0 heterocycles. The van der Waals surface area contributed by atoms with E-state index in [0.717, 1.165) is 13.1 Å². The Hall–Kier alpha value is -1.17. The molecule has 6 nitrogen and oxygen atoms in total. The molecule has 0 aromatic heterocycles. The Bertz CT molecular complexity index is 334. The van der Waals surface area contributed by atoms with Gasteiger partial charge in [-0.2, -0.15) is 0 Å². The second kappa shape index (κ2) is 18.9. The van der Waals surface area contributed by atoms with Gasteiger partial charge in [0.25, 0.3) is 0 Å². The molecule has 0 aliphatic carbocycles. The number of ketones is 2. The van der Waals surface area contributed by atoms with Crippen molar-refractivity contribution in [1.82, 2.24) is 9.80 Å². The van der Waals surface area contributed by atoms with Crippen molar-refractivity contribution < 1.29 is 36.3 Å². The molecule has 23 heavy (non-hydrogen) atoms. The van der Waals surface area contributed by atoms with Crippen molar-refractivity contribution in [2.45, 2.75) is 27.7 Å². The van der Waals surface area contributed by atoms with E-state index in [4.69, 9.17) is 10.2 Å². The summed E-state index contributed by atoms with van der Waals surface area (Å²) < 4.78 is 0. The zero-order chi connectivity index (χ0) is 18.3. The summed E-state index contributed by atoms with van der Waals surface area (Å²) in [6.07, 6.45) is 2.33. The molecule has 0 bridgehead atoms. The molecule has 0 aromatic rings. The second-order valence-corrected chi connectivity index (χ2v) is 5.40. The topological polar surface area (TPSA) is 81.1 Å². The van der Waals surface area contributed by atoms with Crippen LogP contribution < -0.4 is 0 Å². The maximum atomic E-state index is 10.0. The molecule has 0 aliphatic rings. The van der Waals surface area contributed by atoms with Crippen molar-refractivity contribution in [2.75, 3.05) is 41.3 Å². The molecule has 0 saturated carbocycles. The number of aliphatic hydroxyl groups excluding tert-OH is 2. The number of carbonyl (C=O) groups excluding carboxylic acids is 2. The predicted octanol–water partition coefficient (Wildman–Crippen LogP) is 2.18. The molecule has 138 valence electrons. The summed E-state index contributed by atoms with van der Waals surface area (Å²) in [4.78, 5) is 24.4. The maximum Gasteiger partial charge on any atom is 2.00 e. The van der Waals surface area contributed by atoms with Crippen molar-refractivity contribution >= 4 is 11.6 Å². The van der Waals surface area contributed by atoms with Crippen molar-refractivity contribution in [3.63, 3.8) is 0 Å². The smallest absolute Gasteiger partial charge is 0.512 e.